The minimum Gasteiger partial charge on any atom is -0.449 e. The van der Waals surface area contributed by atoms with Crippen molar-refractivity contribution in [2.45, 2.75) is 19.6 Å². The third-order valence-corrected chi connectivity index (χ3v) is 3.39. The Balaban J connectivity index is 1.89. The van der Waals surface area contributed by atoms with Gasteiger partial charge in [-0.05, 0) is 24.6 Å². The molecule has 0 aliphatic carbocycles. The highest BCUT2D eigenvalue weighted by molar-refractivity contribution is 6.33. The van der Waals surface area contributed by atoms with Crippen molar-refractivity contribution >= 4 is 23.5 Å². The zero-order valence-corrected chi connectivity index (χ0v) is 12.8. The van der Waals surface area contributed by atoms with E-state index in [2.05, 4.69) is 5.32 Å². The van der Waals surface area contributed by atoms with Crippen LogP contribution in [-0.4, -0.2) is 18.0 Å². The monoisotopic (exact) mass is 317 g/mol. The number of halogens is 1. The fourth-order valence-electron chi connectivity index (χ4n) is 1.83. The van der Waals surface area contributed by atoms with Crippen LogP contribution in [0.3, 0.4) is 0 Å². The molecule has 0 aliphatic heterocycles. The van der Waals surface area contributed by atoms with E-state index in [1.807, 2.05) is 30.3 Å². The van der Waals surface area contributed by atoms with Crippen LogP contribution in [0.2, 0.25) is 5.02 Å². The number of hydrogen-bond donors (Lipinski definition) is 1. The Hall–Kier alpha value is -2.33. The number of rotatable bonds is 5. The van der Waals surface area contributed by atoms with Crippen LogP contribution in [0.15, 0.2) is 54.6 Å². The molecule has 0 saturated carbocycles. The molecule has 0 aromatic heterocycles. The maximum Gasteiger partial charge on any atom is 0.340 e. The average Bonchev–Trinajstić information content (AvgIpc) is 2.53. The first-order valence-corrected chi connectivity index (χ1v) is 7.23. The van der Waals surface area contributed by atoms with Crippen LogP contribution in [0.1, 0.15) is 22.8 Å². The highest BCUT2D eigenvalue weighted by Crippen LogP contribution is 2.16. The summed E-state index contributed by atoms with van der Waals surface area (Å²) in [5, 5.41) is 3.02. The number of hydrogen-bond acceptors (Lipinski definition) is 3. The molecular weight excluding hydrogens is 302 g/mol. The molecule has 0 radical (unpaired) electrons. The second-order valence-corrected chi connectivity index (χ2v) is 5.14. The fraction of sp³-hybridized carbons (Fsp3) is 0.176. The summed E-state index contributed by atoms with van der Waals surface area (Å²) in [4.78, 5) is 23.9. The van der Waals surface area contributed by atoms with Crippen LogP contribution in [0.4, 0.5) is 0 Å². The number of nitrogens with one attached hydrogen (secondary N) is 1. The van der Waals surface area contributed by atoms with Crippen molar-refractivity contribution in [3.05, 3.63) is 70.7 Å². The van der Waals surface area contributed by atoms with Gasteiger partial charge in [-0.25, -0.2) is 4.79 Å². The average molecular weight is 318 g/mol. The van der Waals surface area contributed by atoms with E-state index in [0.29, 0.717) is 11.6 Å². The Morgan fingerprint density at radius 1 is 1.09 bits per heavy atom. The number of amides is 1. The lowest BCUT2D eigenvalue weighted by atomic mass is 10.2. The minimum absolute atomic E-state index is 0.242. The second kappa shape index (κ2) is 7.61. The summed E-state index contributed by atoms with van der Waals surface area (Å²) in [5.74, 6) is -0.975. The maximum absolute atomic E-state index is 12.0. The SMILES string of the molecule is CC(OC(=O)c1ccccc1Cl)C(=O)NCc1ccccc1. The van der Waals surface area contributed by atoms with Gasteiger partial charge < -0.3 is 10.1 Å². The van der Waals surface area contributed by atoms with Gasteiger partial charge >= 0.3 is 5.97 Å². The fourth-order valence-corrected chi connectivity index (χ4v) is 2.05. The summed E-state index contributed by atoms with van der Waals surface area (Å²) in [7, 11) is 0. The normalized spacial score (nSPS) is 11.5. The number of esters is 1. The molecule has 1 N–H and O–H groups in total. The largest absolute Gasteiger partial charge is 0.449 e. The van der Waals surface area contributed by atoms with Gasteiger partial charge in [0.05, 0.1) is 10.6 Å². The topological polar surface area (TPSA) is 55.4 Å². The standard InChI is InChI=1S/C17H16ClNO3/c1-12(16(20)19-11-13-7-3-2-4-8-13)22-17(21)14-9-5-6-10-15(14)18/h2-10,12H,11H2,1H3,(H,19,20). The van der Waals surface area contributed by atoms with Gasteiger partial charge in [0.15, 0.2) is 6.10 Å². The molecular formula is C17H16ClNO3. The zero-order chi connectivity index (χ0) is 15.9. The molecule has 1 atom stereocenters. The maximum atomic E-state index is 12.0. The molecule has 0 heterocycles. The van der Waals surface area contributed by atoms with E-state index in [4.69, 9.17) is 16.3 Å². The summed E-state index contributed by atoms with van der Waals surface area (Å²) in [6.07, 6.45) is -0.896. The molecule has 2 aromatic carbocycles. The lowest BCUT2D eigenvalue weighted by Crippen LogP contribution is -2.35. The molecule has 2 rings (SSSR count). The summed E-state index contributed by atoms with van der Waals surface area (Å²) < 4.78 is 5.13. The van der Waals surface area contributed by atoms with E-state index >= 15 is 0 Å². The Kier molecular flexibility index (Phi) is 5.55. The lowest BCUT2D eigenvalue weighted by molar-refractivity contribution is -0.129. The summed E-state index contributed by atoms with van der Waals surface area (Å²) >= 11 is 5.92. The Morgan fingerprint density at radius 3 is 2.41 bits per heavy atom. The first-order valence-electron chi connectivity index (χ1n) is 6.85. The van der Waals surface area contributed by atoms with Gasteiger partial charge in [0, 0.05) is 6.54 Å². The van der Waals surface area contributed by atoms with Crippen LogP contribution < -0.4 is 5.32 Å². The van der Waals surface area contributed by atoms with Crippen molar-refractivity contribution in [1.82, 2.24) is 5.32 Å². The van der Waals surface area contributed by atoms with Crippen molar-refractivity contribution in [2.75, 3.05) is 0 Å². The molecule has 0 aliphatic rings. The van der Waals surface area contributed by atoms with Crippen LogP contribution in [0.25, 0.3) is 0 Å². The van der Waals surface area contributed by atoms with Crippen molar-refractivity contribution in [1.29, 1.82) is 0 Å². The zero-order valence-electron chi connectivity index (χ0n) is 12.1. The van der Waals surface area contributed by atoms with Gasteiger partial charge in [0.25, 0.3) is 5.91 Å². The Labute approximate surface area is 134 Å². The van der Waals surface area contributed by atoms with E-state index < -0.39 is 12.1 Å². The second-order valence-electron chi connectivity index (χ2n) is 4.73. The number of carbonyl (C=O) groups is 2. The van der Waals surface area contributed by atoms with E-state index in [-0.39, 0.29) is 11.5 Å². The van der Waals surface area contributed by atoms with Gasteiger partial charge in [-0.2, -0.15) is 0 Å². The number of benzene rings is 2. The molecule has 0 bridgehead atoms. The molecule has 114 valence electrons. The van der Waals surface area contributed by atoms with Gasteiger partial charge in [-0.3, -0.25) is 4.79 Å². The predicted octanol–water partition coefficient (Wildman–Crippen LogP) is 3.20. The van der Waals surface area contributed by atoms with Gasteiger partial charge in [-0.1, -0.05) is 54.1 Å². The molecule has 4 nitrogen and oxygen atoms in total. The van der Waals surface area contributed by atoms with Crippen molar-refractivity contribution in [3.63, 3.8) is 0 Å². The molecule has 5 heteroatoms. The number of ether oxygens (including phenoxy) is 1. The predicted molar refractivity (Wildman–Crippen MR) is 84.6 cm³/mol. The van der Waals surface area contributed by atoms with Crippen molar-refractivity contribution in [2.24, 2.45) is 0 Å². The smallest absolute Gasteiger partial charge is 0.340 e. The molecule has 2 aromatic rings. The third-order valence-electron chi connectivity index (χ3n) is 3.06. The van der Waals surface area contributed by atoms with Crippen LogP contribution >= 0.6 is 11.6 Å². The summed E-state index contributed by atoms with van der Waals surface area (Å²) in [6.45, 7) is 1.91. The van der Waals surface area contributed by atoms with Crippen molar-refractivity contribution in [3.8, 4) is 0 Å². The Bertz CT molecular complexity index is 658. The van der Waals surface area contributed by atoms with E-state index in [9.17, 15) is 9.59 Å². The van der Waals surface area contributed by atoms with Crippen LogP contribution in [0.5, 0.6) is 0 Å². The Morgan fingerprint density at radius 2 is 1.73 bits per heavy atom. The molecule has 0 saturated heterocycles. The summed E-state index contributed by atoms with van der Waals surface area (Å²) in [5.41, 5.74) is 1.22. The van der Waals surface area contributed by atoms with Crippen LogP contribution in [0, 0.1) is 0 Å². The van der Waals surface area contributed by atoms with E-state index in [1.165, 1.54) is 6.92 Å². The first kappa shape index (κ1) is 16.0. The lowest BCUT2D eigenvalue weighted by Gasteiger charge is -2.14. The first-order chi connectivity index (χ1) is 10.6. The highest BCUT2D eigenvalue weighted by Gasteiger charge is 2.19. The molecule has 0 fully saturated rings. The highest BCUT2D eigenvalue weighted by atomic mass is 35.5. The van der Waals surface area contributed by atoms with Crippen LogP contribution in [-0.2, 0) is 16.1 Å². The number of carbonyl (C=O) groups excluding carboxylic acids is 2. The molecule has 0 spiro atoms. The van der Waals surface area contributed by atoms with E-state index in [0.717, 1.165) is 5.56 Å². The van der Waals surface area contributed by atoms with Gasteiger partial charge in [0.1, 0.15) is 0 Å². The van der Waals surface area contributed by atoms with Gasteiger partial charge in [0.2, 0.25) is 0 Å². The third kappa shape index (κ3) is 4.33. The van der Waals surface area contributed by atoms with E-state index in [1.54, 1.807) is 24.3 Å². The van der Waals surface area contributed by atoms with Gasteiger partial charge in [-0.15, -0.1) is 0 Å². The summed E-state index contributed by atoms with van der Waals surface area (Å²) in [6, 6.07) is 16.0. The molecule has 22 heavy (non-hydrogen) atoms. The quantitative estimate of drug-likeness (QED) is 0.862. The minimum atomic E-state index is -0.896. The van der Waals surface area contributed by atoms with Crippen molar-refractivity contribution < 1.29 is 14.3 Å². The molecule has 1 amide bonds. The molecule has 1 unspecified atom stereocenters.